The summed E-state index contributed by atoms with van der Waals surface area (Å²) in [5, 5.41) is 11.0. The van der Waals surface area contributed by atoms with E-state index in [2.05, 4.69) is 22.4 Å². The number of aromatic nitrogens is 2. The van der Waals surface area contributed by atoms with Crippen LogP contribution in [0.3, 0.4) is 0 Å². The molecule has 2 aromatic carbocycles. The number of benzene rings is 2. The zero-order valence-electron chi connectivity index (χ0n) is 19.6. The van der Waals surface area contributed by atoms with Gasteiger partial charge >= 0.3 is 0 Å². The molecule has 6 nitrogen and oxygen atoms in total. The van der Waals surface area contributed by atoms with Crippen molar-refractivity contribution < 1.29 is 14.5 Å². The Morgan fingerprint density at radius 2 is 1.77 bits per heavy atom. The number of halogens is 1. The van der Waals surface area contributed by atoms with Gasteiger partial charge < -0.3 is 10.2 Å². The van der Waals surface area contributed by atoms with Crippen LogP contribution in [0.5, 0.6) is 0 Å². The molecular weight excluding hydrogens is 441 g/mol. The first kappa shape index (κ1) is 22.9. The fourth-order valence-corrected chi connectivity index (χ4v) is 4.67. The Hall–Kier alpha value is -3.84. The van der Waals surface area contributed by atoms with Crippen LogP contribution in [-0.2, 0) is 6.54 Å². The lowest BCUT2D eigenvalue weighted by atomic mass is 10.0. The van der Waals surface area contributed by atoms with E-state index in [4.69, 9.17) is 5.41 Å². The van der Waals surface area contributed by atoms with Crippen molar-refractivity contribution in [3.05, 3.63) is 101 Å². The highest BCUT2D eigenvalue weighted by Crippen LogP contribution is 2.21. The number of likely N-dealkylation sites (tertiary alicyclic amines) is 1. The number of carbonyl (C=O) groups excluding carboxylic acids is 1. The summed E-state index contributed by atoms with van der Waals surface area (Å²) in [6.07, 6.45) is 7.33. The first-order valence-electron chi connectivity index (χ1n) is 12.1. The van der Waals surface area contributed by atoms with Gasteiger partial charge in [0.1, 0.15) is 23.7 Å². The molecule has 3 heterocycles. The fraction of sp³-hybridized carbons (Fsp3) is 0.250. The number of hydrogen-bond acceptors (Lipinski definition) is 3. The second kappa shape index (κ2) is 10.2. The van der Waals surface area contributed by atoms with Gasteiger partial charge in [0.25, 0.3) is 5.91 Å². The lowest BCUT2D eigenvalue weighted by molar-refractivity contribution is -0.588. The van der Waals surface area contributed by atoms with Crippen LogP contribution in [0.1, 0.15) is 52.9 Å². The molecule has 1 amide bonds. The number of rotatable bonds is 6. The molecular formula is C28H29FN5O+. The molecule has 3 N–H and O–H groups in total. The van der Waals surface area contributed by atoms with Crippen LogP contribution >= 0.6 is 0 Å². The number of pyridine rings is 1. The van der Waals surface area contributed by atoms with Crippen molar-refractivity contribution in [3.63, 3.8) is 0 Å². The van der Waals surface area contributed by atoms with Crippen LogP contribution in [0.4, 0.5) is 10.1 Å². The van der Waals surface area contributed by atoms with Gasteiger partial charge in [-0.25, -0.2) is 9.37 Å². The monoisotopic (exact) mass is 470 g/mol. The van der Waals surface area contributed by atoms with Crippen molar-refractivity contribution in [3.8, 4) is 0 Å². The molecule has 4 aromatic rings. The third kappa shape index (κ3) is 5.00. The molecule has 1 aliphatic heterocycles. The smallest absolute Gasteiger partial charge is 0.254 e. The Kier molecular flexibility index (Phi) is 6.68. The Bertz CT molecular complexity index is 1360. The normalized spacial score (nSPS) is 14.1. The molecule has 0 aliphatic carbocycles. The van der Waals surface area contributed by atoms with E-state index in [1.54, 1.807) is 22.7 Å². The highest BCUT2D eigenvalue weighted by Gasteiger charge is 2.22. The van der Waals surface area contributed by atoms with Gasteiger partial charge in [0, 0.05) is 36.5 Å². The summed E-state index contributed by atoms with van der Waals surface area (Å²) in [6, 6.07) is 18.6. The van der Waals surface area contributed by atoms with Gasteiger partial charge in [-0.2, -0.15) is 0 Å². The SMILES string of the molecule is N=C(c1ccc(C(=O)N2CCCCCC2)cc1[NH2+]Cc1ccccc1)c1cnc2ccc(F)cn12. The molecule has 1 saturated heterocycles. The van der Waals surface area contributed by atoms with E-state index < -0.39 is 0 Å². The molecule has 178 valence electrons. The van der Waals surface area contributed by atoms with Crippen molar-refractivity contribution in [2.45, 2.75) is 32.2 Å². The maximum Gasteiger partial charge on any atom is 0.254 e. The van der Waals surface area contributed by atoms with Crippen molar-refractivity contribution in [1.82, 2.24) is 14.3 Å². The molecule has 7 heteroatoms. The topological polar surface area (TPSA) is 78.1 Å². The van der Waals surface area contributed by atoms with E-state index in [1.807, 2.05) is 35.2 Å². The molecule has 1 fully saturated rings. The number of nitrogens with two attached hydrogens (primary N) is 1. The van der Waals surface area contributed by atoms with Crippen LogP contribution in [0.2, 0.25) is 0 Å². The van der Waals surface area contributed by atoms with E-state index in [-0.39, 0.29) is 17.4 Å². The average Bonchev–Trinajstić information content (AvgIpc) is 3.11. The second-order valence-electron chi connectivity index (χ2n) is 9.00. The summed E-state index contributed by atoms with van der Waals surface area (Å²) in [6.45, 7) is 2.24. The van der Waals surface area contributed by atoms with Gasteiger partial charge in [0.2, 0.25) is 0 Å². The zero-order chi connectivity index (χ0) is 24.2. The van der Waals surface area contributed by atoms with E-state index in [0.29, 0.717) is 29.0 Å². The van der Waals surface area contributed by atoms with Crippen LogP contribution < -0.4 is 5.32 Å². The quantitative estimate of drug-likeness (QED) is 0.326. The highest BCUT2D eigenvalue weighted by molar-refractivity contribution is 6.13. The Morgan fingerprint density at radius 1 is 1.00 bits per heavy atom. The number of quaternary nitrogens is 1. The first-order chi connectivity index (χ1) is 17.1. The summed E-state index contributed by atoms with van der Waals surface area (Å²) in [5.41, 5.74) is 4.58. The number of hydrogen-bond donors (Lipinski definition) is 2. The minimum atomic E-state index is -0.390. The summed E-state index contributed by atoms with van der Waals surface area (Å²) >= 11 is 0. The fourth-order valence-electron chi connectivity index (χ4n) is 4.67. The van der Waals surface area contributed by atoms with Crippen LogP contribution in [-0.4, -0.2) is 39.0 Å². The van der Waals surface area contributed by atoms with E-state index in [1.165, 1.54) is 12.3 Å². The van der Waals surface area contributed by atoms with Crippen LogP contribution in [0, 0.1) is 11.2 Å². The highest BCUT2D eigenvalue weighted by atomic mass is 19.1. The number of imidazole rings is 1. The molecule has 5 rings (SSSR count). The maximum atomic E-state index is 13.9. The lowest BCUT2D eigenvalue weighted by Crippen LogP contribution is -2.76. The largest absolute Gasteiger partial charge is 0.339 e. The molecule has 1 aliphatic rings. The van der Waals surface area contributed by atoms with E-state index in [9.17, 15) is 9.18 Å². The Morgan fingerprint density at radius 3 is 2.54 bits per heavy atom. The van der Waals surface area contributed by atoms with Gasteiger partial charge in [0.05, 0.1) is 23.2 Å². The number of nitrogens with zero attached hydrogens (tertiary/aromatic N) is 3. The molecule has 0 spiro atoms. The number of carbonyl (C=O) groups is 1. The molecule has 2 aromatic heterocycles. The summed E-state index contributed by atoms with van der Waals surface area (Å²) in [4.78, 5) is 19.6. The Balaban J connectivity index is 1.50. The first-order valence-corrected chi connectivity index (χ1v) is 12.1. The van der Waals surface area contributed by atoms with E-state index in [0.717, 1.165) is 50.0 Å². The third-order valence-corrected chi connectivity index (χ3v) is 6.59. The summed E-state index contributed by atoms with van der Waals surface area (Å²) in [7, 11) is 0. The van der Waals surface area contributed by atoms with Gasteiger partial charge in [0.15, 0.2) is 0 Å². The van der Waals surface area contributed by atoms with Crippen molar-refractivity contribution in [2.24, 2.45) is 0 Å². The van der Waals surface area contributed by atoms with Gasteiger partial charge in [-0.15, -0.1) is 0 Å². The third-order valence-electron chi connectivity index (χ3n) is 6.59. The van der Waals surface area contributed by atoms with Crippen LogP contribution in [0.25, 0.3) is 5.65 Å². The minimum Gasteiger partial charge on any atom is -0.339 e. The molecule has 0 unspecified atom stereocenters. The predicted molar refractivity (Wildman–Crippen MR) is 134 cm³/mol. The van der Waals surface area contributed by atoms with Gasteiger partial charge in [-0.05, 0) is 37.1 Å². The summed E-state index contributed by atoms with van der Waals surface area (Å²) in [5.74, 6) is -0.352. The molecule has 0 saturated carbocycles. The molecule has 0 bridgehead atoms. The lowest BCUT2D eigenvalue weighted by Gasteiger charge is -2.21. The predicted octanol–water partition coefficient (Wildman–Crippen LogP) is 4.30. The summed E-state index contributed by atoms with van der Waals surface area (Å²) < 4.78 is 15.5. The number of amides is 1. The number of nitrogens with one attached hydrogen (secondary N) is 1. The Labute approximate surface area is 203 Å². The zero-order valence-corrected chi connectivity index (χ0v) is 19.6. The van der Waals surface area contributed by atoms with Crippen LogP contribution in [0.15, 0.2) is 73.1 Å². The molecule has 0 radical (unpaired) electrons. The number of fused-ring (bicyclic) bond motifs is 1. The van der Waals surface area contributed by atoms with Gasteiger partial charge in [-0.1, -0.05) is 43.2 Å². The average molecular weight is 471 g/mol. The molecule has 0 atom stereocenters. The maximum absolute atomic E-state index is 13.9. The second-order valence-corrected chi connectivity index (χ2v) is 9.00. The van der Waals surface area contributed by atoms with Crippen molar-refractivity contribution >= 4 is 23.0 Å². The van der Waals surface area contributed by atoms with Gasteiger partial charge in [-0.3, -0.25) is 14.6 Å². The van der Waals surface area contributed by atoms with E-state index >= 15 is 0 Å². The van der Waals surface area contributed by atoms with Crippen molar-refractivity contribution in [2.75, 3.05) is 13.1 Å². The minimum absolute atomic E-state index is 0.0382. The van der Waals surface area contributed by atoms with Crippen molar-refractivity contribution in [1.29, 1.82) is 5.41 Å². The standard InChI is InChI=1S/C28H28FN5O/c29-22-11-13-26-32-18-25(34(26)19-22)27(30)23-12-10-21(28(35)33-14-6-1-2-7-15-33)16-24(23)31-17-20-8-4-3-5-9-20/h3-5,8-13,16,18-19,30-31H,1-2,6-7,14-15,17H2/p+1. The molecule has 35 heavy (non-hydrogen) atoms.